The van der Waals surface area contributed by atoms with Crippen LogP contribution in [0.15, 0.2) is 0 Å². The van der Waals surface area contributed by atoms with Gasteiger partial charge in [0.1, 0.15) is 6.54 Å². The Morgan fingerprint density at radius 1 is 1.29 bits per heavy atom. The summed E-state index contributed by atoms with van der Waals surface area (Å²) in [6.07, 6.45) is 0.329. The van der Waals surface area contributed by atoms with Crippen LogP contribution in [0.1, 0.15) is 40.5 Å². The normalized spacial score (nSPS) is 19.7. The van der Waals surface area contributed by atoms with Crippen LogP contribution in [-0.4, -0.2) is 35.3 Å². The fraction of sp³-hybridized carbons (Fsp3) is 0.750. The van der Waals surface area contributed by atoms with Crippen molar-refractivity contribution >= 4 is 17.8 Å². The van der Waals surface area contributed by atoms with Gasteiger partial charge < -0.3 is 4.74 Å². The predicted octanol–water partition coefficient (Wildman–Crippen LogP) is 1.11. The Hall–Kier alpha value is -1.39. The SMILES string of the molecule is CC(C)OC(=O)CN1C(=O)CC(C)(C)CC1=O. The number of esters is 1. The fourth-order valence-electron chi connectivity index (χ4n) is 1.82. The van der Waals surface area contributed by atoms with Crippen molar-refractivity contribution in [2.24, 2.45) is 5.41 Å². The molecule has 0 atom stereocenters. The van der Waals surface area contributed by atoms with Gasteiger partial charge in [0.25, 0.3) is 0 Å². The number of piperidine rings is 1. The third kappa shape index (κ3) is 3.84. The van der Waals surface area contributed by atoms with E-state index in [2.05, 4.69) is 0 Å². The van der Waals surface area contributed by atoms with E-state index in [1.807, 2.05) is 13.8 Å². The maximum Gasteiger partial charge on any atom is 0.326 e. The van der Waals surface area contributed by atoms with Crippen LogP contribution in [0.2, 0.25) is 0 Å². The molecule has 5 heteroatoms. The van der Waals surface area contributed by atoms with Gasteiger partial charge in [0.2, 0.25) is 11.8 Å². The van der Waals surface area contributed by atoms with E-state index in [4.69, 9.17) is 4.74 Å². The monoisotopic (exact) mass is 241 g/mol. The first kappa shape index (κ1) is 13.7. The zero-order chi connectivity index (χ0) is 13.2. The molecule has 0 N–H and O–H groups in total. The van der Waals surface area contributed by atoms with Crippen LogP contribution in [-0.2, 0) is 19.1 Å². The van der Waals surface area contributed by atoms with Crippen LogP contribution in [0.3, 0.4) is 0 Å². The number of likely N-dealkylation sites (tertiary alicyclic amines) is 1. The molecule has 0 bridgehead atoms. The summed E-state index contributed by atoms with van der Waals surface area (Å²) in [6.45, 7) is 6.91. The van der Waals surface area contributed by atoms with Crippen molar-refractivity contribution < 1.29 is 19.1 Å². The first-order valence-electron chi connectivity index (χ1n) is 5.74. The van der Waals surface area contributed by atoms with Crippen molar-refractivity contribution in [1.29, 1.82) is 0 Å². The molecule has 1 fully saturated rings. The molecule has 0 unspecified atom stereocenters. The number of ether oxygens (including phenoxy) is 1. The van der Waals surface area contributed by atoms with Gasteiger partial charge in [-0.15, -0.1) is 0 Å². The molecule has 1 saturated heterocycles. The van der Waals surface area contributed by atoms with Crippen LogP contribution >= 0.6 is 0 Å². The fourth-order valence-corrected chi connectivity index (χ4v) is 1.82. The molecule has 1 aliphatic heterocycles. The Bertz CT molecular complexity index is 326. The van der Waals surface area contributed by atoms with Crippen molar-refractivity contribution in [2.45, 2.75) is 46.6 Å². The van der Waals surface area contributed by atoms with Gasteiger partial charge in [-0.3, -0.25) is 19.3 Å². The van der Waals surface area contributed by atoms with Crippen LogP contribution in [0, 0.1) is 5.41 Å². The molecular weight excluding hydrogens is 222 g/mol. The molecule has 0 aromatic rings. The molecule has 0 radical (unpaired) electrons. The quantitative estimate of drug-likeness (QED) is 0.548. The maximum atomic E-state index is 11.7. The highest BCUT2D eigenvalue weighted by atomic mass is 16.5. The molecule has 1 aliphatic rings. The van der Waals surface area contributed by atoms with Crippen molar-refractivity contribution in [3.63, 3.8) is 0 Å². The molecular formula is C12H19NO4. The first-order valence-corrected chi connectivity index (χ1v) is 5.74. The Morgan fingerprint density at radius 3 is 2.18 bits per heavy atom. The van der Waals surface area contributed by atoms with Gasteiger partial charge in [0.05, 0.1) is 6.10 Å². The van der Waals surface area contributed by atoms with E-state index in [-0.39, 0.29) is 42.7 Å². The highest BCUT2D eigenvalue weighted by Gasteiger charge is 2.38. The number of carbonyl (C=O) groups excluding carboxylic acids is 3. The van der Waals surface area contributed by atoms with Crippen molar-refractivity contribution in [3.05, 3.63) is 0 Å². The number of imide groups is 1. The summed E-state index contributed by atoms with van der Waals surface area (Å²) in [4.78, 5) is 35.9. The van der Waals surface area contributed by atoms with Gasteiger partial charge in [0, 0.05) is 12.8 Å². The number of nitrogens with zero attached hydrogens (tertiary/aromatic N) is 1. The van der Waals surface area contributed by atoms with Crippen LogP contribution in [0.25, 0.3) is 0 Å². The van der Waals surface area contributed by atoms with Gasteiger partial charge in [-0.05, 0) is 19.3 Å². The summed E-state index contributed by atoms with van der Waals surface area (Å²) < 4.78 is 4.92. The second-order valence-corrected chi connectivity index (χ2v) is 5.43. The minimum absolute atomic E-state index is 0.242. The summed E-state index contributed by atoms with van der Waals surface area (Å²) in [5, 5.41) is 0. The number of rotatable bonds is 3. The zero-order valence-electron chi connectivity index (χ0n) is 10.8. The lowest BCUT2D eigenvalue weighted by Crippen LogP contribution is -2.48. The topological polar surface area (TPSA) is 63.7 Å². The molecule has 17 heavy (non-hydrogen) atoms. The van der Waals surface area contributed by atoms with E-state index in [1.165, 1.54) is 0 Å². The van der Waals surface area contributed by atoms with E-state index < -0.39 is 5.97 Å². The smallest absolute Gasteiger partial charge is 0.326 e. The Labute approximate surface area is 101 Å². The van der Waals surface area contributed by atoms with Crippen molar-refractivity contribution in [3.8, 4) is 0 Å². The third-order valence-electron chi connectivity index (χ3n) is 2.52. The lowest BCUT2D eigenvalue weighted by molar-refractivity contribution is -0.162. The molecule has 0 spiro atoms. The van der Waals surface area contributed by atoms with Gasteiger partial charge in [-0.25, -0.2) is 0 Å². The Kier molecular flexibility index (Phi) is 3.91. The first-order chi connectivity index (χ1) is 7.71. The molecule has 0 aromatic heterocycles. The van der Waals surface area contributed by atoms with E-state index in [9.17, 15) is 14.4 Å². The van der Waals surface area contributed by atoms with Gasteiger partial charge in [-0.1, -0.05) is 13.8 Å². The molecule has 2 amide bonds. The van der Waals surface area contributed by atoms with E-state index in [1.54, 1.807) is 13.8 Å². The minimum Gasteiger partial charge on any atom is -0.462 e. The zero-order valence-corrected chi connectivity index (χ0v) is 10.8. The van der Waals surface area contributed by atoms with Crippen LogP contribution in [0.5, 0.6) is 0 Å². The standard InChI is InChI=1S/C12H19NO4/c1-8(2)17-11(16)7-13-9(14)5-12(3,4)6-10(13)15/h8H,5-7H2,1-4H3. The Morgan fingerprint density at radius 2 is 1.76 bits per heavy atom. The minimum atomic E-state index is -0.540. The van der Waals surface area contributed by atoms with Crippen LogP contribution < -0.4 is 0 Å². The van der Waals surface area contributed by atoms with E-state index in [0.717, 1.165) is 4.90 Å². The van der Waals surface area contributed by atoms with E-state index in [0.29, 0.717) is 0 Å². The number of carbonyl (C=O) groups is 3. The highest BCUT2D eigenvalue weighted by molar-refractivity contribution is 6.00. The van der Waals surface area contributed by atoms with Crippen molar-refractivity contribution in [1.82, 2.24) is 4.90 Å². The number of hydrogen-bond acceptors (Lipinski definition) is 4. The summed E-state index contributed by atoms with van der Waals surface area (Å²) in [7, 11) is 0. The van der Waals surface area contributed by atoms with Gasteiger partial charge in [-0.2, -0.15) is 0 Å². The predicted molar refractivity (Wildman–Crippen MR) is 61.0 cm³/mol. The molecule has 5 nitrogen and oxygen atoms in total. The summed E-state index contributed by atoms with van der Waals surface area (Å²) in [5.74, 6) is -1.14. The molecule has 96 valence electrons. The summed E-state index contributed by atoms with van der Waals surface area (Å²) in [5.41, 5.74) is -0.313. The summed E-state index contributed by atoms with van der Waals surface area (Å²) >= 11 is 0. The molecule has 1 heterocycles. The van der Waals surface area contributed by atoms with Gasteiger partial charge in [0.15, 0.2) is 0 Å². The lowest BCUT2D eigenvalue weighted by Gasteiger charge is -2.34. The van der Waals surface area contributed by atoms with Crippen LogP contribution in [0.4, 0.5) is 0 Å². The maximum absolute atomic E-state index is 11.7. The molecule has 1 rings (SSSR count). The largest absolute Gasteiger partial charge is 0.462 e. The number of hydrogen-bond donors (Lipinski definition) is 0. The average molecular weight is 241 g/mol. The van der Waals surface area contributed by atoms with Gasteiger partial charge >= 0.3 is 5.97 Å². The average Bonchev–Trinajstić information content (AvgIpc) is 2.08. The Balaban J connectivity index is 2.63. The second-order valence-electron chi connectivity index (χ2n) is 5.43. The van der Waals surface area contributed by atoms with E-state index >= 15 is 0 Å². The molecule has 0 saturated carbocycles. The molecule has 0 aliphatic carbocycles. The molecule has 0 aromatic carbocycles. The summed E-state index contributed by atoms with van der Waals surface area (Å²) in [6, 6.07) is 0. The highest BCUT2D eigenvalue weighted by Crippen LogP contribution is 2.31. The third-order valence-corrected chi connectivity index (χ3v) is 2.52. The number of amides is 2. The second kappa shape index (κ2) is 4.85. The lowest BCUT2D eigenvalue weighted by atomic mass is 9.82. The van der Waals surface area contributed by atoms with Crippen molar-refractivity contribution in [2.75, 3.05) is 6.54 Å².